The summed E-state index contributed by atoms with van der Waals surface area (Å²) in [4.78, 5) is 4.22. The van der Waals surface area contributed by atoms with Gasteiger partial charge in [0.25, 0.3) is 0 Å². The van der Waals surface area contributed by atoms with Crippen molar-refractivity contribution < 1.29 is 0 Å². The minimum absolute atomic E-state index is 1.08. The zero-order valence-corrected chi connectivity index (χ0v) is 6.25. The lowest BCUT2D eigenvalue weighted by Gasteiger charge is -1.91. The van der Waals surface area contributed by atoms with E-state index in [-0.39, 0.29) is 0 Å². The lowest BCUT2D eigenvalue weighted by atomic mass is 10.3. The quantitative estimate of drug-likeness (QED) is 0.558. The second-order valence-corrected chi connectivity index (χ2v) is 2.87. The molecule has 2 rings (SSSR count). The van der Waals surface area contributed by atoms with Crippen molar-refractivity contribution in [3.05, 3.63) is 36.0 Å². The summed E-state index contributed by atoms with van der Waals surface area (Å²) >= 11 is 0. The maximum absolute atomic E-state index is 4.22. The summed E-state index contributed by atoms with van der Waals surface area (Å²) in [5, 5.41) is 1.24. The molecule has 0 aliphatic heterocycles. The smallest absolute Gasteiger partial charge is 0.0709 e. The SMILES string of the molecule is c1ccc2ncpcc2c1. The average molecular weight is 147 g/mol. The first-order valence-corrected chi connectivity index (χ1v) is 4.15. The lowest BCUT2D eigenvalue weighted by Crippen LogP contribution is -1.70. The molecule has 0 unspecified atom stereocenters. The third-order valence-electron chi connectivity index (χ3n) is 1.41. The molecular formula is C8H6NP. The van der Waals surface area contributed by atoms with E-state index in [2.05, 4.69) is 16.8 Å². The van der Waals surface area contributed by atoms with E-state index in [0.717, 1.165) is 5.52 Å². The van der Waals surface area contributed by atoms with Gasteiger partial charge in [-0.3, -0.25) is 4.98 Å². The highest BCUT2D eigenvalue weighted by atomic mass is 31.0. The number of fused-ring (bicyclic) bond motifs is 1. The molecule has 0 radical (unpaired) electrons. The van der Waals surface area contributed by atoms with Gasteiger partial charge in [0.05, 0.1) is 11.4 Å². The van der Waals surface area contributed by atoms with Crippen LogP contribution in [0.2, 0.25) is 0 Å². The van der Waals surface area contributed by atoms with Gasteiger partial charge in [0.1, 0.15) is 0 Å². The largest absolute Gasteiger partial charge is 0.251 e. The Morgan fingerprint density at radius 2 is 2.10 bits per heavy atom. The first-order chi connectivity index (χ1) is 4.97. The average Bonchev–Trinajstić information content (AvgIpc) is 2.05. The second kappa shape index (κ2) is 2.36. The van der Waals surface area contributed by atoms with Gasteiger partial charge in [-0.15, -0.1) is 0 Å². The molecule has 2 aromatic rings. The third kappa shape index (κ3) is 0.891. The molecule has 0 saturated heterocycles. The highest BCUT2D eigenvalue weighted by Gasteiger charge is 1.87. The van der Waals surface area contributed by atoms with Crippen LogP contribution in [-0.2, 0) is 0 Å². The Morgan fingerprint density at radius 1 is 1.20 bits per heavy atom. The molecule has 1 aromatic heterocycles. The van der Waals surface area contributed by atoms with E-state index < -0.39 is 0 Å². The summed E-state index contributed by atoms with van der Waals surface area (Å²) in [7, 11) is 1.19. The monoisotopic (exact) mass is 147 g/mol. The molecule has 48 valence electrons. The molecule has 2 heteroatoms. The van der Waals surface area contributed by atoms with Gasteiger partial charge in [0.15, 0.2) is 0 Å². The van der Waals surface area contributed by atoms with Gasteiger partial charge in [0, 0.05) is 5.39 Å². The maximum atomic E-state index is 4.22. The fourth-order valence-electron chi connectivity index (χ4n) is 0.923. The lowest BCUT2D eigenvalue weighted by molar-refractivity contribution is 1.48. The third-order valence-corrected chi connectivity index (χ3v) is 2.09. The number of hydrogen-bond donors (Lipinski definition) is 0. The summed E-state index contributed by atoms with van der Waals surface area (Å²) < 4.78 is 0. The molecule has 10 heavy (non-hydrogen) atoms. The Labute approximate surface area is 60.8 Å². The van der Waals surface area contributed by atoms with Crippen molar-refractivity contribution in [2.75, 3.05) is 0 Å². The summed E-state index contributed by atoms with van der Waals surface area (Å²) in [6.07, 6.45) is 0. The predicted molar refractivity (Wildman–Crippen MR) is 44.3 cm³/mol. The molecule has 0 amide bonds. The molecule has 1 aromatic carbocycles. The highest BCUT2D eigenvalue weighted by molar-refractivity contribution is 7.28. The van der Waals surface area contributed by atoms with Crippen molar-refractivity contribution in [3.63, 3.8) is 0 Å². The molecule has 0 fully saturated rings. The van der Waals surface area contributed by atoms with E-state index in [1.165, 1.54) is 13.6 Å². The van der Waals surface area contributed by atoms with Crippen LogP contribution in [0.15, 0.2) is 36.0 Å². The number of rotatable bonds is 0. The zero-order chi connectivity index (χ0) is 6.81. The molecule has 0 aliphatic carbocycles. The summed E-state index contributed by atoms with van der Waals surface area (Å²) in [5.74, 6) is 4.06. The van der Waals surface area contributed by atoms with Crippen molar-refractivity contribution >= 4 is 19.1 Å². The van der Waals surface area contributed by atoms with Crippen LogP contribution in [0.4, 0.5) is 0 Å². The molecule has 1 nitrogen and oxygen atoms in total. The van der Waals surface area contributed by atoms with Crippen LogP contribution in [0.1, 0.15) is 0 Å². The molecule has 0 saturated carbocycles. The Balaban J connectivity index is 2.89. The number of para-hydroxylation sites is 1. The van der Waals surface area contributed by atoms with Gasteiger partial charge in [-0.25, -0.2) is 0 Å². The van der Waals surface area contributed by atoms with E-state index in [1.807, 2.05) is 24.1 Å². The molecule has 0 atom stereocenters. The van der Waals surface area contributed by atoms with Gasteiger partial charge in [-0.1, -0.05) is 26.4 Å². The van der Waals surface area contributed by atoms with Crippen LogP contribution in [0.3, 0.4) is 0 Å². The zero-order valence-electron chi connectivity index (χ0n) is 5.36. The minimum atomic E-state index is 1.08. The van der Waals surface area contributed by atoms with Crippen LogP contribution in [-0.4, -0.2) is 4.98 Å². The van der Waals surface area contributed by atoms with Crippen LogP contribution in [0.25, 0.3) is 10.9 Å². The van der Waals surface area contributed by atoms with E-state index in [4.69, 9.17) is 0 Å². The van der Waals surface area contributed by atoms with Crippen molar-refractivity contribution in [3.8, 4) is 0 Å². The Kier molecular flexibility index (Phi) is 1.37. The van der Waals surface area contributed by atoms with Crippen LogP contribution < -0.4 is 0 Å². The van der Waals surface area contributed by atoms with Gasteiger partial charge < -0.3 is 0 Å². The number of aromatic nitrogens is 1. The fourth-order valence-corrected chi connectivity index (χ4v) is 1.56. The molecule has 0 aliphatic rings. The first kappa shape index (κ1) is 5.82. The van der Waals surface area contributed by atoms with Crippen molar-refractivity contribution in [1.29, 1.82) is 0 Å². The fraction of sp³-hybridized carbons (Fsp3) is 0. The van der Waals surface area contributed by atoms with Crippen LogP contribution in [0.5, 0.6) is 0 Å². The van der Waals surface area contributed by atoms with Gasteiger partial charge in [-0.2, -0.15) is 0 Å². The van der Waals surface area contributed by atoms with Crippen molar-refractivity contribution in [1.82, 2.24) is 4.98 Å². The minimum Gasteiger partial charge on any atom is -0.251 e. The van der Waals surface area contributed by atoms with E-state index in [0.29, 0.717) is 0 Å². The number of nitrogens with zero attached hydrogens (tertiary/aromatic N) is 1. The molecule has 1 heterocycles. The Hall–Kier alpha value is -0.940. The highest BCUT2D eigenvalue weighted by Crippen LogP contribution is 2.13. The molecule has 0 bridgehead atoms. The van der Waals surface area contributed by atoms with Crippen LogP contribution in [0, 0.1) is 0 Å². The van der Waals surface area contributed by atoms with Gasteiger partial charge in [-0.05, 0) is 11.9 Å². The van der Waals surface area contributed by atoms with Gasteiger partial charge in [0.2, 0.25) is 0 Å². The summed E-state index contributed by atoms with van der Waals surface area (Å²) in [5.41, 5.74) is 1.08. The molecular weight excluding hydrogens is 141 g/mol. The molecule has 0 N–H and O–H groups in total. The van der Waals surface area contributed by atoms with E-state index in [9.17, 15) is 0 Å². The number of hydrogen-bond acceptors (Lipinski definition) is 1. The predicted octanol–water partition coefficient (Wildman–Crippen LogP) is 2.81. The number of benzene rings is 1. The maximum Gasteiger partial charge on any atom is 0.0709 e. The second-order valence-electron chi connectivity index (χ2n) is 2.08. The Bertz CT molecular complexity index is 280. The summed E-state index contributed by atoms with van der Waals surface area (Å²) in [6.45, 7) is 0. The standard InChI is InChI=1S/C8H6NP/c1-2-4-8-7(3-1)5-10-6-9-8/h1-6H. The normalized spacial score (nSPS) is 10.8. The van der Waals surface area contributed by atoms with Crippen LogP contribution >= 0.6 is 8.19 Å². The van der Waals surface area contributed by atoms with E-state index >= 15 is 0 Å². The topological polar surface area (TPSA) is 12.9 Å². The summed E-state index contributed by atoms with van der Waals surface area (Å²) in [6, 6.07) is 8.15. The van der Waals surface area contributed by atoms with E-state index in [1.54, 1.807) is 0 Å². The van der Waals surface area contributed by atoms with Gasteiger partial charge >= 0.3 is 0 Å². The first-order valence-electron chi connectivity index (χ1n) is 3.11. The van der Waals surface area contributed by atoms with Crippen molar-refractivity contribution in [2.45, 2.75) is 0 Å². The Morgan fingerprint density at radius 3 is 3.00 bits per heavy atom. The molecule has 0 spiro atoms. The van der Waals surface area contributed by atoms with Crippen molar-refractivity contribution in [2.24, 2.45) is 0 Å².